The van der Waals surface area contributed by atoms with Gasteiger partial charge in [0.1, 0.15) is 5.56 Å². The minimum Gasteiger partial charge on any atom is -0.478 e. The van der Waals surface area contributed by atoms with E-state index in [1.165, 1.54) is 0 Å². The molecule has 1 aliphatic carbocycles. The Kier molecular flexibility index (Phi) is 3.58. The number of hydrogen-bond acceptors (Lipinski definition) is 5. The third-order valence-electron chi connectivity index (χ3n) is 4.05. The van der Waals surface area contributed by atoms with Crippen molar-refractivity contribution in [2.75, 3.05) is 38.7 Å². The number of aromatic carboxylic acids is 1. The van der Waals surface area contributed by atoms with Crippen LogP contribution in [-0.4, -0.2) is 59.2 Å². The Hall–Kier alpha value is -1.66. The smallest absolute Gasteiger partial charge is 0.339 e. The van der Waals surface area contributed by atoms with Crippen LogP contribution in [0.1, 0.15) is 28.0 Å². The van der Waals surface area contributed by atoms with E-state index in [2.05, 4.69) is 27.4 Å². The van der Waals surface area contributed by atoms with E-state index < -0.39 is 5.97 Å². The van der Waals surface area contributed by atoms with Crippen LogP contribution in [0.25, 0.3) is 0 Å². The Balaban J connectivity index is 1.82. The normalized spacial score (nSPS) is 19.9. The van der Waals surface area contributed by atoms with Crippen LogP contribution in [0, 0.1) is 0 Å². The van der Waals surface area contributed by atoms with E-state index in [9.17, 15) is 9.90 Å². The van der Waals surface area contributed by atoms with Gasteiger partial charge >= 0.3 is 5.97 Å². The molecular formula is C14H20N4O2. The highest BCUT2D eigenvalue weighted by molar-refractivity contribution is 5.93. The molecule has 0 aromatic carbocycles. The standard InChI is InChI=1S/C14H20N4O2/c1-17-5-7-18(8-6-17)16-13-11(14(19)20)9-10-3-2-4-12(10)15-13/h9H,2-8H2,1H3,(H,15,16)(H,19,20). The van der Waals surface area contributed by atoms with E-state index in [-0.39, 0.29) is 5.56 Å². The van der Waals surface area contributed by atoms with Crippen LogP contribution in [0.5, 0.6) is 0 Å². The molecule has 20 heavy (non-hydrogen) atoms. The number of carbonyl (C=O) groups is 1. The number of hydrogen-bond donors (Lipinski definition) is 2. The van der Waals surface area contributed by atoms with Gasteiger partial charge in [0.2, 0.25) is 0 Å². The maximum atomic E-state index is 11.4. The second-order valence-electron chi connectivity index (χ2n) is 5.55. The van der Waals surface area contributed by atoms with Gasteiger partial charge in [-0.1, -0.05) is 0 Å². The van der Waals surface area contributed by atoms with Gasteiger partial charge in [-0.3, -0.25) is 0 Å². The fraction of sp³-hybridized carbons (Fsp3) is 0.571. The Morgan fingerprint density at radius 3 is 2.75 bits per heavy atom. The first-order valence-electron chi connectivity index (χ1n) is 7.10. The SMILES string of the molecule is CN1CCN(Nc2nc3c(cc2C(=O)O)CCC3)CC1. The number of nitrogens with one attached hydrogen (secondary N) is 1. The zero-order valence-electron chi connectivity index (χ0n) is 11.7. The van der Waals surface area contributed by atoms with Crippen molar-refractivity contribution in [2.45, 2.75) is 19.3 Å². The number of piperazine rings is 1. The molecule has 0 amide bonds. The second-order valence-corrected chi connectivity index (χ2v) is 5.55. The van der Waals surface area contributed by atoms with Crippen LogP contribution in [0.2, 0.25) is 0 Å². The van der Waals surface area contributed by atoms with Crippen LogP contribution in [0.15, 0.2) is 6.07 Å². The summed E-state index contributed by atoms with van der Waals surface area (Å²) in [6.07, 6.45) is 2.96. The topological polar surface area (TPSA) is 68.7 Å². The molecule has 2 aliphatic rings. The molecule has 2 N–H and O–H groups in total. The number of aromatic nitrogens is 1. The number of fused-ring (bicyclic) bond motifs is 1. The molecule has 1 fully saturated rings. The lowest BCUT2D eigenvalue weighted by Gasteiger charge is -2.33. The fourth-order valence-electron chi connectivity index (χ4n) is 2.79. The molecule has 1 aromatic heterocycles. The third kappa shape index (κ3) is 2.62. The summed E-state index contributed by atoms with van der Waals surface area (Å²) in [7, 11) is 2.09. The molecule has 0 radical (unpaired) electrons. The van der Waals surface area contributed by atoms with Gasteiger partial charge < -0.3 is 15.4 Å². The average Bonchev–Trinajstić information content (AvgIpc) is 2.87. The molecule has 0 bridgehead atoms. The molecular weight excluding hydrogens is 256 g/mol. The lowest BCUT2D eigenvalue weighted by atomic mass is 10.1. The molecule has 2 heterocycles. The lowest BCUT2D eigenvalue weighted by Crippen LogP contribution is -2.47. The highest BCUT2D eigenvalue weighted by atomic mass is 16.4. The molecule has 6 nitrogen and oxygen atoms in total. The average molecular weight is 276 g/mol. The number of anilines is 1. The van der Waals surface area contributed by atoms with Crippen molar-refractivity contribution in [3.05, 3.63) is 22.9 Å². The first kappa shape index (κ1) is 13.3. The number of likely N-dealkylation sites (N-methyl/N-ethyl adjacent to an activating group) is 1. The molecule has 0 atom stereocenters. The van der Waals surface area contributed by atoms with E-state index in [1.807, 2.05) is 0 Å². The summed E-state index contributed by atoms with van der Waals surface area (Å²) >= 11 is 0. The largest absolute Gasteiger partial charge is 0.478 e. The van der Waals surface area contributed by atoms with E-state index in [1.54, 1.807) is 6.07 Å². The maximum Gasteiger partial charge on any atom is 0.339 e. The third-order valence-corrected chi connectivity index (χ3v) is 4.05. The number of pyridine rings is 1. The van der Waals surface area contributed by atoms with Gasteiger partial charge in [0.05, 0.1) is 0 Å². The molecule has 0 spiro atoms. The first-order chi connectivity index (χ1) is 9.63. The van der Waals surface area contributed by atoms with Crippen molar-refractivity contribution < 1.29 is 9.90 Å². The summed E-state index contributed by atoms with van der Waals surface area (Å²) in [5.41, 5.74) is 5.61. The molecule has 1 saturated heterocycles. The van der Waals surface area contributed by atoms with Crippen molar-refractivity contribution >= 4 is 11.8 Å². The van der Waals surface area contributed by atoms with Crippen molar-refractivity contribution in [3.63, 3.8) is 0 Å². The van der Waals surface area contributed by atoms with Crippen LogP contribution in [0.3, 0.4) is 0 Å². The minimum absolute atomic E-state index is 0.282. The molecule has 1 aromatic rings. The predicted molar refractivity (Wildman–Crippen MR) is 75.9 cm³/mol. The van der Waals surface area contributed by atoms with E-state index >= 15 is 0 Å². The summed E-state index contributed by atoms with van der Waals surface area (Å²) in [5, 5.41) is 11.4. The summed E-state index contributed by atoms with van der Waals surface area (Å²) < 4.78 is 0. The van der Waals surface area contributed by atoms with Crippen molar-refractivity contribution in [2.24, 2.45) is 0 Å². The first-order valence-corrected chi connectivity index (χ1v) is 7.10. The Morgan fingerprint density at radius 1 is 1.30 bits per heavy atom. The van der Waals surface area contributed by atoms with Crippen LogP contribution < -0.4 is 5.43 Å². The molecule has 0 saturated carbocycles. The van der Waals surface area contributed by atoms with Crippen molar-refractivity contribution in [1.29, 1.82) is 0 Å². The van der Waals surface area contributed by atoms with Crippen LogP contribution in [-0.2, 0) is 12.8 Å². The van der Waals surface area contributed by atoms with Gasteiger partial charge in [0.15, 0.2) is 5.82 Å². The minimum atomic E-state index is -0.913. The van der Waals surface area contributed by atoms with Gasteiger partial charge in [0.25, 0.3) is 0 Å². The number of hydrazine groups is 1. The maximum absolute atomic E-state index is 11.4. The number of carboxylic acid groups (broad SMARTS) is 1. The molecule has 1 aliphatic heterocycles. The quantitative estimate of drug-likeness (QED) is 0.853. The lowest BCUT2D eigenvalue weighted by molar-refractivity contribution is 0.0696. The van der Waals surface area contributed by atoms with Crippen molar-refractivity contribution in [1.82, 2.24) is 14.9 Å². The van der Waals surface area contributed by atoms with E-state index in [0.29, 0.717) is 5.82 Å². The number of rotatable bonds is 3. The Bertz CT molecular complexity index is 524. The summed E-state index contributed by atoms with van der Waals surface area (Å²) in [6, 6.07) is 1.79. The molecule has 108 valence electrons. The monoisotopic (exact) mass is 276 g/mol. The Morgan fingerprint density at radius 2 is 2.05 bits per heavy atom. The second kappa shape index (κ2) is 5.38. The number of carboxylic acids is 1. The molecule has 3 rings (SSSR count). The summed E-state index contributed by atoms with van der Waals surface area (Å²) in [5.74, 6) is -0.425. The van der Waals surface area contributed by atoms with Gasteiger partial charge in [0, 0.05) is 31.9 Å². The zero-order chi connectivity index (χ0) is 14.1. The van der Waals surface area contributed by atoms with Crippen LogP contribution >= 0.6 is 0 Å². The van der Waals surface area contributed by atoms with Gasteiger partial charge in [-0.25, -0.2) is 14.8 Å². The molecule has 6 heteroatoms. The van der Waals surface area contributed by atoms with Gasteiger partial charge in [-0.2, -0.15) is 0 Å². The zero-order valence-corrected chi connectivity index (χ0v) is 11.7. The molecule has 0 unspecified atom stereocenters. The number of nitrogens with zero attached hydrogens (tertiary/aromatic N) is 3. The van der Waals surface area contributed by atoms with Gasteiger partial charge in [-0.05, 0) is 37.9 Å². The fourth-order valence-corrected chi connectivity index (χ4v) is 2.79. The summed E-state index contributed by atoms with van der Waals surface area (Å²) in [6.45, 7) is 3.68. The summed E-state index contributed by atoms with van der Waals surface area (Å²) in [4.78, 5) is 18.2. The van der Waals surface area contributed by atoms with Gasteiger partial charge in [-0.15, -0.1) is 0 Å². The van der Waals surface area contributed by atoms with Crippen LogP contribution in [0.4, 0.5) is 5.82 Å². The van der Waals surface area contributed by atoms with E-state index in [4.69, 9.17) is 0 Å². The number of aryl methyl sites for hydroxylation is 2. The van der Waals surface area contributed by atoms with Crippen molar-refractivity contribution in [3.8, 4) is 0 Å². The Labute approximate surface area is 118 Å². The predicted octanol–water partition coefficient (Wildman–Crippen LogP) is 0.843. The van der Waals surface area contributed by atoms with E-state index in [0.717, 1.165) is 56.7 Å². The highest BCUT2D eigenvalue weighted by Crippen LogP contribution is 2.25. The highest BCUT2D eigenvalue weighted by Gasteiger charge is 2.22.